The van der Waals surface area contributed by atoms with Crippen LogP contribution < -0.4 is 0 Å². The lowest BCUT2D eigenvalue weighted by atomic mass is 10.5. The smallest absolute Gasteiger partial charge is 0.129 e. The lowest BCUT2D eigenvalue weighted by Crippen LogP contribution is -1.72. The predicted molar refractivity (Wildman–Crippen MR) is 27.5 cm³/mol. The highest BCUT2D eigenvalue weighted by Gasteiger charge is 1.83. The van der Waals surface area contributed by atoms with E-state index >= 15 is 0 Å². The van der Waals surface area contributed by atoms with Crippen molar-refractivity contribution in [3.63, 3.8) is 0 Å². The number of aromatic nitrogens is 2. The van der Waals surface area contributed by atoms with Crippen LogP contribution in [-0.2, 0) is 0 Å². The predicted octanol–water partition coefficient (Wildman–Crippen LogP) is 0.874. The molecule has 0 fully saturated rings. The monoisotopic (exact) mass is 109 g/mol. The van der Waals surface area contributed by atoms with Gasteiger partial charge in [-0.3, -0.25) is 0 Å². The minimum absolute atomic E-state index is 0.306. The van der Waals surface area contributed by atoms with E-state index in [9.17, 15) is 4.91 Å². The first kappa shape index (κ1) is 4.83. The van der Waals surface area contributed by atoms with Crippen LogP contribution in [-0.4, -0.2) is 10.2 Å². The second-order valence-electron chi connectivity index (χ2n) is 1.19. The number of rotatable bonds is 1. The molecule has 0 radical (unpaired) electrons. The molecule has 0 atom stereocenters. The molecule has 4 nitrogen and oxygen atoms in total. The van der Waals surface area contributed by atoms with Crippen molar-refractivity contribution in [2.24, 2.45) is 5.18 Å². The Morgan fingerprint density at radius 2 is 2.38 bits per heavy atom. The van der Waals surface area contributed by atoms with Crippen LogP contribution in [0.3, 0.4) is 0 Å². The first-order valence-corrected chi connectivity index (χ1v) is 2.03. The second kappa shape index (κ2) is 2.11. The van der Waals surface area contributed by atoms with Gasteiger partial charge in [0.05, 0.1) is 12.4 Å². The highest BCUT2D eigenvalue weighted by atomic mass is 16.3. The van der Waals surface area contributed by atoms with Gasteiger partial charge in [-0.1, -0.05) is 0 Å². The fraction of sp³-hybridized carbons (Fsp3) is 0. The molecule has 0 aromatic carbocycles. The zero-order valence-electron chi connectivity index (χ0n) is 3.98. The average Bonchev–Trinajstić information content (AvgIpc) is 1.90. The average molecular weight is 109 g/mol. The molecule has 0 N–H and O–H groups in total. The Balaban J connectivity index is 2.99. The minimum atomic E-state index is 0.306. The number of nitroso groups, excluding NO2 is 1. The summed E-state index contributed by atoms with van der Waals surface area (Å²) in [6, 6.07) is 1.49. The van der Waals surface area contributed by atoms with Crippen molar-refractivity contribution in [2.75, 3.05) is 0 Å². The van der Waals surface area contributed by atoms with Gasteiger partial charge in [-0.2, -0.15) is 10.2 Å². The van der Waals surface area contributed by atoms with Gasteiger partial charge < -0.3 is 0 Å². The highest BCUT2D eigenvalue weighted by Crippen LogP contribution is 2.03. The molecule has 1 rings (SSSR count). The molecule has 40 valence electrons. The van der Waals surface area contributed by atoms with Gasteiger partial charge in [-0.05, 0) is 11.2 Å². The van der Waals surface area contributed by atoms with E-state index in [0.29, 0.717) is 5.69 Å². The van der Waals surface area contributed by atoms with E-state index in [2.05, 4.69) is 15.4 Å². The van der Waals surface area contributed by atoms with Crippen LogP contribution in [0.25, 0.3) is 0 Å². The lowest BCUT2D eigenvalue weighted by Gasteiger charge is -1.79. The molecule has 0 unspecified atom stereocenters. The third-order valence-electron chi connectivity index (χ3n) is 0.674. The molecule has 8 heavy (non-hydrogen) atoms. The summed E-state index contributed by atoms with van der Waals surface area (Å²) in [4.78, 5) is 9.69. The first-order valence-electron chi connectivity index (χ1n) is 2.03. The molecule has 0 saturated heterocycles. The molecule has 0 spiro atoms. The van der Waals surface area contributed by atoms with Crippen LogP contribution in [0.2, 0.25) is 0 Å². The van der Waals surface area contributed by atoms with Crippen molar-refractivity contribution in [3.8, 4) is 0 Å². The van der Waals surface area contributed by atoms with Crippen LogP contribution >= 0.6 is 0 Å². The molecule has 0 aliphatic heterocycles. The minimum Gasteiger partial charge on any atom is -0.159 e. The van der Waals surface area contributed by atoms with E-state index < -0.39 is 0 Å². The van der Waals surface area contributed by atoms with Crippen molar-refractivity contribution in [2.45, 2.75) is 0 Å². The summed E-state index contributed by atoms with van der Waals surface area (Å²) in [7, 11) is 0. The summed E-state index contributed by atoms with van der Waals surface area (Å²) in [5, 5.41) is 9.47. The van der Waals surface area contributed by atoms with Crippen molar-refractivity contribution in [1.82, 2.24) is 10.2 Å². The molecule has 0 aliphatic carbocycles. The zero-order chi connectivity index (χ0) is 5.82. The molecular formula is C4H3N3O. The number of hydrogen-bond acceptors (Lipinski definition) is 4. The third kappa shape index (κ3) is 0.841. The summed E-state index contributed by atoms with van der Waals surface area (Å²) < 4.78 is 0. The van der Waals surface area contributed by atoms with Gasteiger partial charge in [-0.15, -0.1) is 4.91 Å². The van der Waals surface area contributed by atoms with Crippen LogP contribution in [0.5, 0.6) is 0 Å². The molecule has 0 aliphatic rings. The normalized spacial score (nSPS) is 8.50. The summed E-state index contributed by atoms with van der Waals surface area (Å²) >= 11 is 0. The Morgan fingerprint density at radius 1 is 1.50 bits per heavy atom. The maximum atomic E-state index is 9.69. The van der Waals surface area contributed by atoms with Gasteiger partial charge in [0.1, 0.15) is 5.69 Å². The molecule has 1 aromatic heterocycles. The van der Waals surface area contributed by atoms with E-state index in [0.717, 1.165) is 0 Å². The van der Waals surface area contributed by atoms with Crippen molar-refractivity contribution in [1.29, 1.82) is 0 Å². The molecule has 4 heteroatoms. The summed E-state index contributed by atoms with van der Waals surface area (Å²) in [5.41, 5.74) is 0.306. The Labute approximate surface area is 45.5 Å². The van der Waals surface area contributed by atoms with Gasteiger partial charge in [0.25, 0.3) is 0 Å². The standard InChI is InChI=1S/C4H3N3O/c8-7-4-1-2-5-6-3-4/h1-3H. The van der Waals surface area contributed by atoms with Crippen LogP contribution in [0.15, 0.2) is 23.6 Å². The van der Waals surface area contributed by atoms with Gasteiger partial charge in [0, 0.05) is 0 Å². The van der Waals surface area contributed by atoms with Crippen LogP contribution in [0.1, 0.15) is 0 Å². The quantitative estimate of drug-likeness (QED) is 0.503. The number of hydrogen-bond donors (Lipinski definition) is 0. The molecule has 1 heterocycles. The molecule has 0 saturated carbocycles. The highest BCUT2D eigenvalue weighted by molar-refractivity contribution is 5.29. The van der Waals surface area contributed by atoms with Crippen molar-refractivity contribution < 1.29 is 0 Å². The lowest BCUT2D eigenvalue weighted by molar-refractivity contribution is 1.03. The third-order valence-corrected chi connectivity index (χ3v) is 0.674. The Kier molecular flexibility index (Phi) is 1.27. The maximum Gasteiger partial charge on any atom is 0.129 e. The second-order valence-corrected chi connectivity index (χ2v) is 1.19. The van der Waals surface area contributed by atoms with E-state index in [1.54, 1.807) is 0 Å². The van der Waals surface area contributed by atoms with Crippen molar-refractivity contribution in [3.05, 3.63) is 23.4 Å². The van der Waals surface area contributed by atoms with Gasteiger partial charge in [-0.25, -0.2) is 0 Å². The maximum absolute atomic E-state index is 9.69. The fourth-order valence-electron chi connectivity index (χ4n) is 0.338. The van der Waals surface area contributed by atoms with Crippen LogP contribution in [0.4, 0.5) is 5.69 Å². The zero-order valence-corrected chi connectivity index (χ0v) is 3.98. The van der Waals surface area contributed by atoms with Gasteiger partial charge in [0.15, 0.2) is 0 Å². The summed E-state index contributed by atoms with van der Waals surface area (Å²) in [6.07, 6.45) is 2.71. The summed E-state index contributed by atoms with van der Waals surface area (Å²) in [5.74, 6) is 0. The van der Waals surface area contributed by atoms with Gasteiger partial charge in [0.2, 0.25) is 0 Å². The molecule has 0 bridgehead atoms. The molecule has 1 aromatic rings. The van der Waals surface area contributed by atoms with E-state index in [-0.39, 0.29) is 0 Å². The Hall–Kier alpha value is -1.32. The Bertz CT molecular complexity index is 174. The topological polar surface area (TPSA) is 55.2 Å². The van der Waals surface area contributed by atoms with E-state index in [1.165, 1.54) is 18.5 Å². The number of nitrogens with zero attached hydrogens (tertiary/aromatic N) is 3. The fourth-order valence-corrected chi connectivity index (χ4v) is 0.338. The van der Waals surface area contributed by atoms with E-state index in [4.69, 9.17) is 0 Å². The largest absolute Gasteiger partial charge is 0.159 e. The van der Waals surface area contributed by atoms with Crippen LogP contribution in [0, 0.1) is 4.91 Å². The summed E-state index contributed by atoms with van der Waals surface area (Å²) in [6.45, 7) is 0. The SMILES string of the molecule is O=Nc1ccnnc1. The van der Waals surface area contributed by atoms with Gasteiger partial charge >= 0.3 is 0 Å². The Morgan fingerprint density at radius 3 is 2.75 bits per heavy atom. The molecule has 0 amide bonds. The van der Waals surface area contributed by atoms with Crippen molar-refractivity contribution >= 4 is 5.69 Å². The molecular weight excluding hydrogens is 106 g/mol. The van der Waals surface area contributed by atoms with E-state index in [1.807, 2.05) is 0 Å². The first-order chi connectivity index (χ1) is 3.93.